The van der Waals surface area contributed by atoms with Crippen LogP contribution in [0, 0.1) is 0 Å². The normalized spacial score (nSPS) is 12.8. The number of hydrogen-bond donors (Lipinski definition) is 1. The number of aromatic nitrogens is 2. The molecule has 1 aromatic heterocycles. The number of H-pyrrole nitrogens is 1. The molecule has 3 rings (SSSR count). The molecular formula is C11H7BrN2O3. The summed E-state index contributed by atoms with van der Waals surface area (Å²) < 4.78 is 11.4. The Morgan fingerprint density at radius 1 is 1.35 bits per heavy atom. The first-order valence-corrected chi connectivity index (χ1v) is 5.67. The maximum absolute atomic E-state index is 10.9. The maximum Gasteiger partial charge on any atom is 0.231 e. The van der Waals surface area contributed by atoms with E-state index in [1.807, 2.05) is 12.1 Å². The molecule has 1 aliphatic heterocycles. The zero-order chi connectivity index (χ0) is 11.8. The third kappa shape index (κ3) is 1.61. The van der Waals surface area contributed by atoms with Gasteiger partial charge in [-0.05, 0) is 28.1 Å². The molecule has 0 atom stereocenters. The predicted molar refractivity (Wildman–Crippen MR) is 63.2 cm³/mol. The summed E-state index contributed by atoms with van der Waals surface area (Å²) in [6.07, 6.45) is 2.25. The molecule has 1 aromatic carbocycles. The molecule has 1 aliphatic rings. The molecule has 0 saturated heterocycles. The Bertz CT molecular complexity index is 594. The number of benzene rings is 1. The van der Waals surface area contributed by atoms with Crippen LogP contribution in [0.5, 0.6) is 11.5 Å². The lowest BCUT2D eigenvalue weighted by molar-refractivity contribution is 0.112. The fraction of sp³-hybridized carbons (Fsp3) is 0.0909. The van der Waals surface area contributed by atoms with Crippen LogP contribution in [-0.2, 0) is 0 Å². The van der Waals surface area contributed by atoms with Crippen LogP contribution in [0.1, 0.15) is 10.4 Å². The van der Waals surface area contributed by atoms with Crippen molar-refractivity contribution in [3.63, 3.8) is 0 Å². The van der Waals surface area contributed by atoms with Crippen molar-refractivity contribution in [2.45, 2.75) is 0 Å². The summed E-state index contributed by atoms with van der Waals surface area (Å²) in [6.45, 7) is 0.217. The smallest absolute Gasteiger partial charge is 0.231 e. The number of ether oxygens (including phenoxy) is 2. The molecule has 2 heterocycles. The minimum Gasteiger partial charge on any atom is -0.454 e. The highest BCUT2D eigenvalue weighted by molar-refractivity contribution is 9.10. The second-order valence-corrected chi connectivity index (χ2v) is 4.36. The van der Waals surface area contributed by atoms with Crippen LogP contribution in [-0.4, -0.2) is 23.3 Å². The zero-order valence-electron chi connectivity index (χ0n) is 8.57. The van der Waals surface area contributed by atoms with Crippen LogP contribution < -0.4 is 9.47 Å². The van der Waals surface area contributed by atoms with Crippen LogP contribution in [0.2, 0.25) is 0 Å². The van der Waals surface area contributed by atoms with Crippen LogP contribution >= 0.6 is 15.9 Å². The minimum absolute atomic E-state index is 0.217. The molecule has 0 spiro atoms. The van der Waals surface area contributed by atoms with Gasteiger partial charge < -0.3 is 9.47 Å². The summed E-state index contributed by atoms with van der Waals surface area (Å²) in [6, 6.07) is 3.63. The van der Waals surface area contributed by atoms with Gasteiger partial charge >= 0.3 is 0 Å². The predicted octanol–water partition coefficient (Wildman–Crippen LogP) is 2.38. The van der Waals surface area contributed by atoms with E-state index in [4.69, 9.17) is 9.47 Å². The number of fused-ring (bicyclic) bond motifs is 1. The molecule has 6 heteroatoms. The second kappa shape index (κ2) is 3.89. The van der Waals surface area contributed by atoms with Gasteiger partial charge in [0.05, 0.1) is 17.5 Å². The van der Waals surface area contributed by atoms with E-state index in [-0.39, 0.29) is 6.79 Å². The number of rotatable bonds is 2. The molecule has 0 fully saturated rings. The van der Waals surface area contributed by atoms with Gasteiger partial charge in [0, 0.05) is 10.0 Å². The highest BCUT2D eigenvalue weighted by Crippen LogP contribution is 2.40. The highest BCUT2D eigenvalue weighted by Gasteiger charge is 2.19. The van der Waals surface area contributed by atoms with E-state index in [0.717, 1.165) is 16.3 Å². The molecule has 17 heavy (non-hydrogen) atoms. The van der Waals surface area contributed by atoms with Gasteiger partial charge in [-0.3, -0.25) is 9.89 Å². The zero-order valence-corrected chi connectivity index (χ0v) is 10.2. The number of carbonyl (C=O) groups is 1. The number of aromatic amines is 1. The fourth-order valence-electron chi connectivity index (χ4n) is 1.71. The van der Waals surface area contributed by atoms with E-state index in [2.05, 4.69) is 26.1 Å². The molecule has 1 N–H and O–H groups in total. The van der Waals surface area contributed by atoms with Crippen molar-refractivity contribution in [2.24, 2.45) is 0 Å². The van der Waals surface area contributed by atoms with Crippen LogP contribution in [0.3, 0.4) is 0 Å². The van der Waals surface area contributed by atoms with Gasteiger partial charge in [0.25, 0.3) is 0 Å². The van der Waals surface area contributed by atoms with Crippen LogP contribution in [0.4, 0.5) is 0 Å². The molecular weight excluding hydrogens is 288 g/mol. The largest absolute Gasteiger partial charge is 0.454 e. The van der Waals surface area contributed by atoms with E-state index in [0.29, 0.717) is 22.8 Å². The molecule has 0 aliphatic carbocycles. The number of halogens is 1. The Morgan fingerprint density at radius 3 is 2.88 bits per heavy atom. The fourth-order valence-corrected chi connectivity index (χ4v) is 2.23. The quantitative estimate of drug-likeness (QED) is 0.864. The van der Waals surface area contributed by atoms with Gasteiger partial charge in [-0.2, -0.15) is 5.10 Å². The van der Waals surface area contributed by atoms with E-state index in [1.54, 1.807) is 0 Å². The van der Waals surface area contributed by atoms with Crippen molar-refractivity contribution in [2.75, 3.05) is 6.79 Å². The summed E-state index contributed by atoms with van der Waals surface area (Å²) in [5.41, 5.74) is 1.98. The van der Waals surface area contributed by atoms with Crippen molar-refractivity contribution in [1.29, 1.82) is 0 Å². The van der Waals surface area contributed by atoms with Crippen molar-refractivity contribution >= 4 is 22.2 Å². The number of nitrogens with zero attached hydrogens (tertiary/aromatic N) is 1. The number of carbonyl (C=O) groups excluding carboxylic acids is 1. The summed E-state index contributed by atoms with van der Waals surface area (Å²) in [5, 5.41) is 6.65. The molecule has 5 nitrogen and oxygen atoms in total. The monoisotopic (exact) mass is 294 g/mol. The third-order valence-electron chi connectivity index (χ3n) is 2.53. The molecule has 86 valence electrons. The summed E-state index contributed by atoms with van der Waals surface area (Å²) in [4.78, 5) is 10.9. The Balaban J connectivity index is 2.18. The van der Waals surface area contributed by atoms with Gasteiger partial charge in [-0.1, -0.05) is 0 Å². The van der Waals surface area contributed by atoms with Crippen molar-refractivity contribution in [3.8, 4) is 22.8 Å². The molecule has 0 bridgehead atoms. The average molecular weight is 295 g/mol. The summed E-state index contributed by atoms with van der Waals surface area (Å²) in [5.74, 6) is 1.35. The van der Waals surface area contributed by atoms with Crippen molar-refractivity contribution in [1.82, 2.24) is 10.2 Å². The van der Waals surface area contributed by atoms with Gasteiger partial charge in [0.15, 0.2) is 17.8 Å². The van der Waals surface area contributed by atoms with Crippen LogP contribution in [0.15, 0.2) is 22.8 Å². The van der Waals surface area contributed by atoms with Gasteiger partial charge in [0.2, 0.25) is 6.79 Å². The lowest BCUT2D eigenvalue weighted by Crippen LogP contribution is -1.92. The number of aldehydes is 1. The van der Waals surface area contributed by atoms with E-state index in [1.165, 1.54) is 6.20 Å². The molecule has 0 amide bonds. The Hall–Kier alpha value is -1.82. The third-order valence-corrected chi connectivity index (χ3v) is 3.18. The van der Waals surface area contributed by atoms with Crippen molar-refractivity contribution < 1.29 is 14.3 Å². The number of nitrogens with one attached hydrogen (secondary N) is 1. The van der Waals surface area contributed by atoms with Crippen LogP contribution in [0.25, 0.3) is 11.3 Å². The van der Waals surface area contributed by atoms with E-state index < -0.39 is 0 Å². The lowest BCUT2D eigenvalue weighted by atomic mass is 10.1. The van der Waals surface area contributed by atoms with Crippen molar-refractivity contribution in [3.05, 3.63) is 28.4 Å². The standard InChI is InChI=1S/C11H7BrN2O3/c12-8-2-10-9(16-5-17-10)1-7(8)11-6(4-15)3-13-14-11/h1-4H,5H2,(H,13,14). The van der Waals surface area contributed by atoms with Gasteiger partial charge in [-0.15, -0.1) is 0 Å². The Labute approximate surface area is 105 Å². The van der Waals surface area contributed by atoms with E-state index >= 15 is 0 Å². The second-order valence-electron chi connectivity index (χ2n) is 3.50. The SMILES string of the molecule is O=Cc1cn[nH]c1-c1cc2c(cc1Br)OCO2. The maximum atomic E-state index is 10.9. The molecule has 2 aromatic rings. The Morgan fingerprint density at radius 2 is 2.12 bits per heavy atom. The molecule has 0 radical (unpaired) electrons. The topological polar surface area (TPSA) is 64.2 Å². The lowest BCUT2D eigenvalue weighted by Gasteiger charge is -2.04. The van der Waals surface area contributed by atoms with Gasteiger partial charge in [0.1, 0.15) is 0 Å². The Kier molecular flexibility index (Phi) is 2.36. The number of hydrogen-bond acceptors (Lipinski definition) is 4. The minimum atomic E-state index is 0.217. The average Bonchev–Trinajstić information content (AvgIpc) is 2.94. The van der Waals surface area contributed by atoms with Gasteiger partial charge in [-0.25, -0.2) is 0 Å². The first-order chi connectivity index (χ1) is 8.29. The summed E-state index contributed by atoms with van der Waals surface area (Å²) in [7, 11) is 0. The molecule has 0 saturated carbocycles. The molecule has 0 unspecified atom stereocenters. The highest BCUT2D eigenvalue weighted by atomic mass is 79.9. The summed E-state index contributed by atoms with van der Waals surface area (Å²) >= 11 is 3.44. The first kappa shape index (κ1) is 10.3. The first-order valence-electron chi connectivity index (χ1n) is 4.87. The van der Waals surface area contributed by atoms with E-state index in [9.17, 15) is 4.79 Å².